The Hall–Kier alpha value is -3.72. The molecule has 2 aromatic carbocycles. The van der Waals surface area contributed by atoms with Gasteiger partial charge >= 0.3 is 12.1 Å². The third-order valence-electron chi connectivity index (χ3n) is 5.10. The summed E-state index contributed by atoms with van der Waals surface area (Å²) >= 11 is 5.91. The highest BCUT2D eigenvalue weighted by Crippen LogP contribution is 2.21. The zero-order valence-corrected chi connectivity index (χ0v) is 19.4. The quantitative estimate of drug-likeness (QED) is 0.471. The van der Waals surface area contributed by atoms with Crippen molar-refractivity contribution in [2.24, 2.45) is 0 Å². The highest BCUT2D eigenvalue weighted by molar-refractivity contribution is 6.31. The van der Waals surface area contributed by atoms with Crippen LogP contribution in [0.3, 0.4) is 0 Å². The van der Waals surface area contributed by atoms with Crippen LogP contribution in [0.4, 0.5) is 15.0 Å². The van der Waals surface area contributed by atoms with Gasteiger partial charge in [0.15, 0.2) is 0 Å². The third kappa shape index (κ3) is 6.41. The van der Waals surface area contributed by atoms with Crippen molar-refractivity contribution in [2.75, 3.05) is 32.6 Å². The van der Waals surface area contributed by atoms with Gasteiger partial charge < -0.3 is 14.4 Å². The first kappa shape index (κ1) is 24.9. The molecule has 3 aromatic rings. The molecule has 0 saturated heterocycles. The van der Waals surface area contributed by atoms with E-state index < -0.39 is 17.9 Å². The summed E-state index contributed by atoms with van der Waals surface area (Å²) in [5, 5.41) is 4.01. The predicted molar refractivity (Wildman–Crippen MR) is 125 cm³/mol. The number of pyridine rings is 1. The summed E-state index contributed by atoms with van der Waals surface area (Å²) in [4.78, 5) is 41.7. The Morgan fingerprint density at radius 3 is 2.71 bits per heavy atom. The zero-order chi connectivity index (χ0) is 24.7. The average molecular weight is 488 g/mol. The van der Waals surface area contributed by atoms with Gasteiger partial charge in [-0.2, -0.15) is 0 Å². The number of hydrogen-bond acceptors (Lipinski definition) is 6. The summed E-state index contributed by atoms with van der Waals surface area (Å²) in [6, 6.07) is 11.1. The minimum atomic E-state index is -0.733. The summed E-state index contributed by atoms with van der Waals surface area (Å²) in [6.45, 7) is 0.144. The highest BCUT2D eigenvalue weighted by Gasteiger charge is 2.13. The zero-order valence-electron chi connectivity index (χ0n) is 18.6. The monoisotopic (exact) mass is 487 g/mol. The lowest BCUT2D eigenvalue weighted by molar-refractivity contribution is -0.130. The maximum absolute atomic E-state index is 13.5. The van der Waals surface area contributed by atoms with Crippen molar-refractivity contribution in [3.63, 3.8) is 0 Å². The van der Waals surface area contributed by atoms with Crippen molar-refractivity contribution >= 4 is 46.2 Å². The van der Waals surface area contributed by atoms with Gasteiger partial charge in [-0.3, -0.25) is 10.1 Å². The van der Waals surface area contributed by atoms with Gasteiger partial charge in [0.05, 0.1) is 24.2 Å². The van der Waals surface area contributed by atoms with Gasteiger partial charge in [-0.25, -0.2) is 19.0 Å². The lowest BCUT2D eigenvalue weighted by Crippen LogP contribution is -2.31. The van der Waals surface area contributed by atoms with Gasteiger partial charge in [0.2, 0.25) is 5.91 Å². The smallest absolute Gasteiger partial charge is 0.412 e. The van der Waals surface area contributed by atoms with Crippen LogP contribution >= 0.6 is 11.6 Å². The number of carbonyl (C=O) groups is 3. The van der Waals surface area contributed by atoms with Crippen molar-refractivity contribution < 1.29 is 28.2 Å². The van der Waals surface area contributed by atoms with E-state index in [9.17, 15) is 18.8 Å². The van der Waals surface area contributed by atoms with Crippen LogP contribution in [0, 0.1) is 5.82 Å². The van der Waals surface area contributed by atoms with E-state index in [0.717, 1.165) is 5.39 Å². The summed E-state index contributed by atoms with van der Waals surface area (Å²) in [5.74, 6) is -0.938. The number of hydrogen-bond donors (Lipinski definition) is 1. The number of amides is 2. The summed E-state index contributed by atoms with van der Waals surface area (Å²) < 4.78 is 23.3. The minimum absolute atomic E-state index is 0.0155. The predicted octanol–water partition coefficient (Wildman–Crippen LogP) is 4.45. The van der Waals surface area contributed by atoms with Gasteiger partial charge in [-0.1, -0.05) is 29.8 Å². The van der Waals surface area contributed by atoms with Crippen LogP contribution in [0.15, 0.2) is 48.7 Å². The van der Waals surface area contributed by atoms with Crippen LogP contribution in [0.25, 0.3) is 10.8 Å². The summed E-state index contributed by atoms with van der Waals surface area (Å²) in [6.07, 6.45) is 1.26. The van der Waals surface area contributed by atoms with Crippen molar-refractivity contribution in [1.82, 2.24) is 9.88 Å². The highest BCUT2D eigenvalue weighted by atomic mass is 35.5. The molecule has 0 unspecified atom stereocenters. The molecule has 0 atom stereocenters. The van der Waals surface area contributed by atoms with E-state index in [4.69, 9.17) is 21.1 Å². The summed E-state index contributed by atoms with van der Waals surface area (Å²) in [5.41, 5.74) is 0.933. The number of likely N-dealkylation sites (N-methyl/N-ethyl adjacent to an activating group) is 1. The number of nitrogens with one attached hydrogen (secondary N) is 1. The van der Waals surface area contributed by atoms with Crippen molar-refractivity contribution in [2.45, 2.75) is 12.8 Å². The lowest BCUT2D eigenvalue weighted by Gasteiger charge is -2.17. The standard InChI is InChI=1S/C24H23ClFN3O5/c1-29(21(30)9-8-15-4-3-5-19(26)22(15)25)10-11-34-24(32)28-20-13-18-12-16(23(31)33-2)6-7-17(18)14-27-20/h3-7,12-14H,8-11H2,1-2H3,(H,27,28,32). The third-order valence-corrected chi connectivity index (χ3v) is 5.52. The van der Waals surface area contributed by atoms with Crippen LogP contribution in [0.1, 0.15) is 22.3 Å². The Kier molecular flexibility index (Phi) is 8.37. The minimum Gasteiger partial charge on any atom is -0.465 e. The molecular weight excluding hydrogens is 465 g/mol. The van der Waals surface area contributed by atoms with Crippen LogP contribution < -0.4 is 5.32 Å². The van der Waals surface area contributed by atoms with E-state index in [1.165, 1.54) is 18.1 Å². The molecule has 0 aliphatic carbocycles. The molecule has 178 valence electrons. The van der Waals surface area contributed by atoms with E-state index in [-0.39, 0.29) is 36.3 Å². The second-order valence-corrected chi connectivity index (χ2v) is 7.79. The molecule has 8 nitrogen and oxygen atoms in total. The van der Waals surface area contributed by atoms with E-state index >= 15 is 0 Å². The molecule has 34 heavy (non-hydrogen) atoms. The Labute approximate surface area is 200 Å². The summed E-state index contributed by atoms with van der Waals surface area (Å²) in [7, 11) is 2.88. The number of aryl methyl sites for hydroxylation is 1. The van der Waals surface area contributed by atoms with Gasteiger partial charge in [-0.15, -0.1) is 0 Å². The number of ether oxygens (including phenoxy) is 2. The molecule has 0 bridgehead atoms. The van der Waals surface area contributed by atoms with Crippen LogP contribution in [-0.2, 0) is 20.7 Å². The Morgan fingerprint density at radius 2 is 1.94 bits per heavy atom. The molecule has 3 rings (SSSR count). The fourth-order valence-corrected chi connectivity index (χ4v) is 3.39. The number of benzene rings is 2. The Morgan fingerprint density at radius 1 is 1.15 bits per heavy atom. The van der Waals surface area contributed by atoms with Crippen LogP contribution in [0.5, 0.6) is 0 Å². The largest absolute Gasteiger partial charge is 0.465 e. The molecule has 0 radical (unpaired) electrons. The first-order chi connectivity index (χ1) is 16.3. The molecule has 0 saturated carbocycles. The van der Waals surface area contributed by atoms with E-state index in [1.54, 1.807) is 49.6 Å². The van der Waals surface area contributed by atoms with Crippen molar-refractivity contribution in [1.29, 1.82) is 0 Å². The molecule has 0 spiro atoms. The maximum Gasteiger partial charge on any atom is 0.412 e. The van der Waals surface area contributed by atoms with Crippen LogP contribution in [0.2, 0.25) is 5.02 Å². The number of methoxy groups -OCH3 is 1. The second kappa shape index (κ2) is 11.4. The molecular formula is C24H23ClFN3O5. The Bertz CT molecular complexity index is 1220. The first-order valence-electron chi connectivity index (χ1n) is 10.4. The SMILES string of the molecule is COC(=O)c1ccc2cnc(NC(=O)OCCN(C)C(=O)CCc3cccc(F)c3Cl)cc2c1. The number of anilines is 1. The lowest BCUT2D eigenvalue weighted by atomic mass is 10.1. The molecule has 1 heterocycles. The average Bonchev–Trinajstić information content (AvgIpc) is 2.83. The van der Waals surface area contributed by atoms with Gasteiger partial charge in [0, 0.05) is 25.1 Å². The fourth-order valence-electron chi connectivity index (χ4n) is 3.17. The van der Waals surface area contributed by atoms with Crippen molar-refractivity contribution in [3.05, 3.63) is 70.6 Å². The van der Waals surface area contributed by atoms with Crippen molar-refractivity contribution in [3.8, 4) is 0 Å². The van der Waals surface area contributed by atoms with Crippen LogP contribution in [-0.4, -0.2) is 55.2 Å². The number of esters is 1. The topological polar surface area (TPSA) is 97.8 Å². The number of carbonyl (C=O) groups excluding carboxylic acids is 3. The maximum atomic E-state index is 13.5. The molecule has 2 amide bonds. The number of aromatic nitrogens is 1. The molecule has 0 aliphatic heterocycles. The molecule has 1 N–H and O–H groups in total. The number of rotatable bonds is 8. The molecule has 10 heteroatoms. The second-order valence-electron chi connectivity index (χ2n) is 7.41. The number of fused-ring (bicyclic) bond motifs is 1. The molecule has 0 aliphatic rings. The number of nitrogens with zero attached hydrogens (tertiary/aromatic N) is 2. The van der Waals surface area contributed by atoms with E-state index in [2.05, 4.69) is 10.3 Å². The first-order valence-corrected chi connectivity index (χ1v) is 10.7. The van der Waals surface area contributed by atoms with E-state index in [0.29, 0.717) is 22.9 Å². The Balaban J connectivity index is 1.47. The normalized spacial score (nSPS) is 10.6. The van der Waals surface area contributed by atoms with Gasteiger partial charge in [0.1, 0.15) is 18.2 Å². The fraction of sp³-hybridized carbons (Fsp3) is 0.250. The molecule has 0 fully saturated rings. The molecule has 1 aromatic heterocycles. The van der Waals surface area contributed by atoms with Gasteiger partial charge in [-0.05, 0) is 41.6 Å². The number of halogens is 2. The van der Waals surface area contributed by atoms with E-state index in [1.807, 2.05) is 0 Å². The van der Waals surface area contributed by atoms with Gasteiger partial charge in [0.25, 0.3) is 0 Å².